The molecular formula is C17H15NO3S. The summed E-state index contributed by atoms with van der Waals surface area (Å²) in [6, 6.07) is 20.0. The van der Waals surface area contributed by atoms with E-state index in [1.54, 1.807) is 6.07 Å². The van der Waals surface area contributed by atoms with Crippen LogP contribution in [0, 0.1) is 0 Å². The van der Waals surface area contributed by atoms with Crippen LogP contribution in [-0.2, 0) is 10.1 Å². The summed E-state index contributed by atoms with van der Waals surface area (Å²) in [5.41, 5.74) is 1.65. The van der Waals surface area contributed by atoms with Gasteiger partial charge >= 0.3 is 0 Å². The van der Waals surface area contributed by atoms with Gasteiger partial charge in [0.05, 0.1) is 5.69 Å². The molecule has 3 aromatic rings. The average Bonchev–Trinajstić information content (AvgIpc) is 2.53. The lowest BCUT2D eigenvalue weighted by Crippen LogP contribution is -2.11. The molecule has 0 amide bonds. The van der Waals surface area contributed by atoms with E-state index in [2.05, 4.69) is 0 Å². The van der Waals surface area contributed by atoms with Crippen molar-refractivity contribution in [3.8, 4) is 0 Å². The first-order valence-electron chi connectivity index (χ1n) is 6.76. The Kier molecular flexibility index (Phi) is 3.60. The molecule has 0 bridgehead atoms. The maximum atomic E-state index is 11.7. The molecule has 0 aliphatic rings. The molecular weight excluding hydrogens is 298 g/mol. The smallest absolute Gasteiger partial charge is 0.295 e. The van der Waals surface area contributed by atoms with E-state index in [4.69, 9.17) is 0 Å². The zero-order chi connectivity index (χ0) is 15.7. The lowest BCUT2D eigenvalue weighted by atomic mass is 10.1. The van der Waals surface area contributed by atoms with E-state index in [0.29, 0.717) is 5.39 Å². The molecule has 5 heteroatoms. The van der Waals surface area contributed by atoms with Crippen LogP contribution in [0.4, 0.5) is 11.4 Å². The number of fused-ring (bicyclic) bond motifs is 1. The van der Waals surface area contributed by atoms with Gasteiger partial charge in [0.25, 0.3) is 10.1 Å². The zero-order valence-electron chi connectivity index (χ0n) is 12.0. The van der Waals surface area contributed by atoms with Gasteiger partial charge in [-0.1, -0.05) is 42.5 Å². The number of benzene rings is 3. The molecule has 0 fully saturated rings. The normalized spacial score (nSPS) is 11.5. The molecule has 1 N–H and O–H groups in total. The predicted octanol–water partition coefficient (Wildman–Crippen LogP) is 3.85. The van der Waals surface area contributed by atoms with Crippen LogP contribution in [0.5, 0.6) is 0 Å². The van der Waals surface area contributed by atoms with Crippen molar-refractivity contribution >= 4 is 32.3 Å². The van der Waals surface area contributed by atoms with Crippen molar-refractivity contribution in [1.29, 1.82) is 0 Å². The molecule has 3 rings (SSSR count). The summed E-state index contributed by atoms with van der Waals surface area (Å²) >= 11 is 0. The minimum absolute atomic E-state index is 0.0802. The van der Waals surface area contributed by atoms with Gasteiger partial charge in [-0.15, -0.1) is 0 Å². The number of hydrogen-bond acceptors (Lipinski definition) is 3. The summed E-state index contributed by atoms with van der Waals surface area (Å²) < 4.78 is 32.9. The first-order valence-corrected chi connectivity index (χ1v) is 8.20. The van der Waals surface area contributed by atoms with E-state index in [9.17, 15) is 13.0 Å². The standard InChI is InChI=1S/C17H15NO3S/c1-18(14-9-3-2-4-10-14)15-11-5-7-13-8-6-12-16(17(13)15)22(19,20)21/h2-12H,1H3,(H,19,20,21). The van der Waals surface area contributed by atoms with Crippen molar-refractivity contribution in [2.24, 2.45) is 0 Å². The Morgan fingerprint density at radius 1 is 0.864 bits per heavy atom. The Labute approximate surface area is 129 Å². The monoisotopic (exact) mass is 313 g/mol. The molecule has 3 aromatic carbocycles. The van der Waals surface area contributed by atoms with Crippen molar-refractivity contribution in [3.05, 3.63) is 66.7 Å². The van der Waals surface area contributed by atoms with Crippen LogP contribution in [0.3, 0.4) is 0 Å². The second kappa shape index (κ2) is 5.44. The molecule has 0 unspecified atom stereocenters. The Morgan fingerprint density at radius 3 is 2.14 bits per heavy atom. The minimum atomic E-state index is -4.29. The van der Waals surface area contributed by atoms with Crippen LogP contribution >= 0.6 is 0 Å². The fourth-order valence-electron chi connectivity index (χ4n) is 2.57. The van der Waals surface area contributed by atoms with E-state index < -0.39 is 10.1 Å². The van der Waals surface area contributed by atoms with Crippen molar-refractivity contribution in [1.82, 2.24) is 0 Å². The Bertz CT molecular complexity index is 916. The van der Waals surface area contributed by atoms with Gasteiger partial charge in [0.2, 0.25) is 0 Å². The second-order valence-electron chi connectivity index (χ2n) is 5.00. The van der Waals surface area contributed by atoms with Crippen molar-refractivity contribution in [2.45, 2.75) is 4.90 Å². The molecule has 0 aliphatic carbocycles. The Balaban J connectivity index is 2.31. The van der Waals surface area contributed by atoms with Gasteiger partial charge < -0.3 is 4.90 Å². The quantitative estimate of drug-likeness (QED) is 0.746. The van der Waals surface area contributed by atoms with Crippen molar-refractivity contribution < 1.29 is 13.0 Å². The lowest BCUT2D eigenvalue weighted by molar-refractivity contribution is 0.484. The molecule has 0 aromatic heterocycles. The van der Waals surface area contributed by atoms with E-state index in [1.807, 2.05) is 66.5 Å². The van der Waals surface area contributed by atoms with Crippen LogP contribution in [0.25, 0.3) is 10.8 Å². The number of para-hydroxylation sites is 1. The van der Waals surface area contributed by atoms with E-state index >= 15 is 0 Å². The number of nitrogens with zero attached hydrogens (tertiary/aromatic N) is 1. The predicted molar refractivity (Wildman–Crippen MR) is 88.3 cm³/mol. The largest absolute Gasteiger partial charge is 0.344 e. The highest BCUT2D eigenvalue weighted by Crippen LogP contribution is 2.35. The molecule has 0 aliphatic heterocycles. The highest BCUT2D eigenvalue weighted by molar-refractivity contribution is 7.86. The van der Waals surface area contributed by atoms with Crippen molar-refractivity contribution in [2.75, 3.05) is 11.9 Å². The van der Waals surface area contributed by atoms with Gasteiger partial charge in [0.1, 0.15) is 4.90 Å². The summed E-state index contributed by atoms with van der Waals surface area (Å²) in [5.74, 6) is 0. The molecule has 0 radical (unpaired) electrons. The van der Waals surface area contributed by atoms with Gasteiger partial charge in [-0.3, -0.25) is 4.55 Å². The van der Waals surface area contributed by atoms with Crippen LogP contribution in [0.1, 0.15) is 0 Å². The SMILES string of the molecule is CN(c1ccccc1)c1cccc2cccc(S(=O)(=O)O)c12. The zero-order valence-corrected chi connectivity index (χ0v) is 12.8. The van der Waals surface area contributed by atoms with E-state index in [0.717, 1.165) is 16.8 Å². The third-order valence-corrected chi connectivity index (χ3v) is 4.52. The molecule has 22 heavy (non-hydrogen) atoms. The fourth-order valence-corrected chi connectivity index (χ4v) is 3.30. The molecule has 0 saturated heterocycles. The highest BCUT2D eigenvalue weighted by Gasteiger charge is 2.18. The minimum Gasteiger partial charge on any atom is -0.344 e. The van der Waals surface area contributed by atoms with Gasteiger partial charge in [0, 0.05) is 18.1 Å². The molecule has 4 nitrogen and oxygen atoms in total. The average molecular weight is 313 g/mol. The summed E-state index contributed by atoms with van der Waals surface area (Å²) in [6.07, 6.45) is 0. The van der Waals surface area contributed by atoms with E-state index in [-0.39, 0.29) is 4.90 Å². The van der Waals surface area contributed by atoms with Crippen molar-refractivity contribution in [3.63, 3.8) is 0 Å². The molecule has 0 atom stereocenters. The topological polar surface area (TPSA) is 57.6 Å². The summed E-state index contributed by atoms with van der Waals surface area (Å²) in [4.78, 5) is 1.82. The maximum Gasteiger partial charge on any atom is 0.295 e. The van der Waals surface area contributed by atoms with Gasteiger partial charge in [-0.2, -0.15) is 8.42 Å². The third kappa shape index (κ3) is 2.56. The van der Waals surface area contributed by atoms with Crippen LogP contribution in [0.15, 0.2) is 71.6 Å². The summed E-state index contributed by atoms with van der Waals surface area (Å²) in [6.45, 7) is 0. The number of anilines is 2. The lowest BCUT2D eigenvalue weighted by Gasteiger charge is -2.22. The van der Waals surface area contributed by atoms with Gasteiger partial charge in [0.15, 0.2) is 0 Å². The van der Waals surface area contributed by atoms with E-state index in [1.165, 1.54) is 6.07 Å². The summed E-state index contributed by atoms with van der Waals surface area (Å²) in [5, 5.41) is 1.27. The van der Waals surface area contributed by atoms with Crippen LogP contribution < -0.4 is 4.90 Å². The van der Waals surface area contributed by atoms with Crippen LogP contribution in [-0.4, -0.2) is 20.0 Å². The first kappa shape index (κ1) is 14.6. The highest BCUT2D eigenvalue weighted by atomic mass is 32.2. The van der Waals surface area contributed by atoms with Gasteiger partial charge in [-0.25, -0.2) is 0 Å². The molecule has 0 heterocycles. The maximum absolute atomic E-state index is 11.7. The number of rotatable bonds is 3. The fraction of sp³-hybridized carbons (Fsp3) is 0.0588. The molecule has 112 valence electrons. The Hall–Kier alpha value is -2.37. The number of hydrogen-bond donors (Lipinski definition) is 1. The molecule has 0 spiro atoms. The Morgan fingerprint density at radius 2 is 1.50 bits per heavy atom. The van der Waals surface area contributed by atoms with Gasteiger partial charge in [-0.05, 0) is 29.7 Å². The second-order valence-corrected chi connectivity index (χ2v) is 6.39. The summed E-state index contributed by atoms with van der Waals surface area (Å²) in [7, 11) is -2.43. The third-order valence-electron chi connectivity index (χ3n) is 3.63. The van der Waals surface area contributed by atoms with Crippen LogP contribution in [0.2, 0.25) is 0 Å². The first-order chi connectivity index (χ1) is 10.5. The molecule has 0 saturated carbocycles.